The average molecular weight is 368 g/mol. The van der Waals surface area contributed by atoms with Crippen LogP contribution < -0.4 is 15.4 Å². The van der Waals surface area contributed by atoms with Crippen LogP contribution in [0.2, 0.25) is 0 Å². The van der Waals surface area contributed by atoms with Crippen LogP contribution in [0.15, 0.2) is 48.5 Å². The first-order valence-corrected chi connectivity index (χ1v) is 8.55. The van der Waals surface area contributed by atoms with E-state index in [4.69, 9.17) is 10.5 Å². The molecule has 2 amide bonds. The van der Waals surface area contributed by atoms with Crippen molar-refractivity contribution < 1.29 is 24.2 Å². The lowest BCUT2D eigenvalue weighted by atomic mass is 9.88. The van der Waals surface area contributed by atoms with Gasteiger partial charge in [-0.3, -0.25) is 19.3 Å². The fourth-order valence-corrected chi connectivity index (χ4v) is 3.23. The van der Waals surface area contributed by atoms with Crippen molar-refractivity contribution in [2.75, 3.05) is 18.1 Å². The highest BCUT2D eigenvalue weighted by molar-refractivity contribution is 6.12. The third-order valence-corrected chi connectivity index (χ3v) is 4.46. The van der Waals surface area contributed by atoms with Gasteiger partial charge in [-0.2, -0.15) is 0 Å². The molecule has 0 aromatic heterocycles. The van der Waals surface area contributed by atoms with Gasteiger partial charge in [-0.25, -0.2) is 0 Å². The molecule has 27 heavy (non-hydrogen) atoms. The summed E-state index contributed by atoms with van der Waals surface area (Å²) < 4.78 is 5.34. The summed E-state index contributed by atoms with van der Waals surface area (Å²) in [5.74, 6) is -1.21. The van der Waals surface area contributed by atoms with E-state index in [9.17, 15) is 19.5 Å². The number of carbonyl (C=O) groups is 3. The maximum absolute atomic E-state index is 12.8. The Labute approximate surface area is 156 Å². The van der Waals surface area contributed by atoms with Crippen LogP contribution in [0, 0.1) is 0 Å². The number of benzene rings is 2. The highest BCUT2D eigenvalue weighted by atomic mass is 16.5. The summed E-state index contributed by atoms with van der Waals surface area (Å²) in [6, 6.07) is 13.0. The van der Waals surface area contributed by atoms with E-state index in [1.54, 1.807) is 48.5 Å². The molecule has 0 unspecified atom stereocenters. The quantitative estimate of drug-likeness (QED) is 0.718. The molecule has 0 fully saturated rings. The van der Waals surface area contributed by atoms with Crippen LogP contribution in [-0.2, 0) is 15.2 Å². The zero-order valence-electron chi connectivity index (χ0n) is 14.8. The molecule has 0 spiro atoms. The van der Waals surface area contributed by atoms with Gasteiger partial charge in [0.25, 0.3) is 5.91 Å². The van der Waals surface area contributed by atoms with Gasteiger partial charge >= 0.3 is 0 Å². The predicted molar refractivity (Wildman–Crippen MR) is 98.4 cm³/mol. The summed E-state index contributed by atoms with van der Waals surface area (Å²) in [5.41, 5.74) is 4.20. The zero-order valence-corrected chi connectivity index (χ0v) is 14.8. The summed E-state index contributed by atoms with van der Waals surface area (Å²) >= 11 is 0. The predicted octanol–water partition coefficient (Wildman–Crippen LogP) is 1.38. The largest absolute Gasteiger partial charge is 0.494 e. The van der Waals surface area contributed by atoms with Gasteiger partial charge in [0.2, 0.25) is 5.91 Å². The minimum Gasteiger partial charge on any atom is -0.494 e. The molecule has 0 radical (unpaired) electrons. The summed E-state index contributed by atoms with van der Waals surface area (Å²) in [4.78, 5) is 38.0. The number of anilines is 1. The molecule has 7 heteroatoms. The highest BCUT2D eigenvalue weighted by Gasteiger charge is 2.51. The van der Waals surface area contributed by atoms with Gasteiger partial charge in [0.05, 0.1) is 18.7 Å². The minimum atomic E-state index is -2.04. The summed E-state index contributed by atoms with van der Waals surface area (Å²) in [6.07, 6.45) is -0.438. The maximum Gasteiger partial charge on any atom is 0.264 e. The van der Waals surface area contributed by atoms with Gasteiger partial charge in [-0.05, 0) is 37.3 Å². The molecule has 2 aromatic carbocycles. The Kier molecular flexibility index (Phi) is 4.96. The van der Waals surface area contributed by atoms with Crippen LogP contribution in [0.25, 0.3) is 0 Å². The van der Waals surface area contributed by atoms with Crippen molar-refractivity contribution in [1.82, 2.24) is 0 Å². The van der Waals surface area contributed by atoms with Gasteiger partial charge in [0.1, 0.15) is 12.3 Å². The Balaban J connectivity index is 1.89. The van der Waals surface area contributed by atoms with E-state index in [1.807, 2.05) is 6.92 Å². The molecule has 7 nitrogen and oxygen atoms in total. The number of hydrogen-bond donors (Lipinski definition) is 2. The highest BCUT2D eigenvalue weighted by Crippen LogP contribution is 2.42. The molecule has 2 aromatic rings. The summed E-state index contributed by atoms with van der Waals surface area (Å²) in [5, 5.41) is 11.1. The van der Waals surface area contributed by atoms with Crippen LogP contribution in [0.4, 0.5) is 5.69 Å². The number of amides is 2. The number of nitrogens with two attached hydrogens (primary N) is 1. The van der Waals surface area contributed by atoms with E-state index in [1.165, 1.54) is 0 Å². The Morgan fingerprint density at radius 2 is 1.81 bits per heavy atom. The summed E-state index contributed by atoms with van der Waals surface area (Å²) in [7, 11) is 0. The molecule has 1 atom stereocenters. The van der Waals surface area contributed by atoms with E-state index in [0.717, 1.165) is 4.90 Å². The van der Waals surface area contributed by atoms with E-state index in [0.29, 0.717) is 23.6 Å². The monoisotopic (exact) mass is 368 g/mol. The SMILES string of the molecule is CCOc1ccc(C(=O)C[C@@]2(O)C(=O)N(CC(N)=O)c3ccccc32)cc1. The zero-order chi connectivity index (χ0) is 19.6. The van der Waals surface area contributed by atoms with Crippen molar-refractivity contribution >= 4 is 23.3 Å². The van der Waals surface area contributed by atoms with Gasteiger partial charge in [-0.15, -0.1) is 0 Å². The first-order chi connectivity index (χ1) is 12.9. The number of carbonyl (C=O) groups excluding carboxylic acids is 3. The van der Waals surface area contributed by atoms with Crippen molar-refractivity contribution in [2.45, 2.75) is 18.9 Å². The first-order valence-electron chi connectivity index (χ1n) is 8.55. The number of Topliss-reactive ketones (excluding diaryl/α,β-unsaturated/α-hetero) is 1. The molecular formula is C20H20N2O5. The van der Waals surface area contributed by atoms with Crippen molar-refractivity contribution in [1.29, 1.82) is 0 Å². The number of ether oxygens (including phenoxy) is 1. The number of rotatable bonds is 7. The van der Waals surface area contributed by atoms with Crippen LogP contribution in [-0.4, -0.2) is 35.9 Å². The molecule has 140 valence electrons. The van der Waals surface area contributed by atoms with Gasteiger partial charge < -0.3 is 15.6 Å². The number of para-hydroxylation sites is 1. The molecule has 0 bridgehead atoms. The lowest BCUT2D eigenvalue weighted by Crippen LogP contribution is -2.44. The normalized spacial score (nSPS) is 18.3. The Morgan fingerprint density at radius 3 is 2.44 bits per heavy atom. The van der Waals surface area contributed by atoms with E-state index in [2.05, 4.69) is 0 Å². The molecule has 3 N–H and O–H groups in total. The fourth-order valence-electron chi connectivity index (χ4n) is 3.23. The number of fused-ring (bicyclic) bond motifs is 1. The van der Waals surface area contributed by atoms with Gasteiger partial charge in [0.15, 0.2) is 11.4 Å². The number of primary amides is 1. The lowest BCUT2D eigenvalue weighted by Gasteiger charge is -2.22. The molecule has 1 heterocycles. The van der Waals surface area contributed by atoms with Crippen molar-refractivity contribution in [2.24, 2.45) is 5.73 Å². The Bertz CT molecular complexity index is 894. The van der Waals surface area contributed by atoms with Gasteiger partial charge in [0, 0.05) is 11.1 Å². The second kappa shape index (κ2) is 7.20. The number of aliphatic hydroxyl groups is 1. The standard InChI is InChI=1S/C20H20N2O5/c1-2-27-14-9-7-13(8-10-14)17(23)11-20(26)15-5-3-4-6-16(15)22(19(20)25)12-18(21)24/h3-10,26H,2,11-12H2,1H3,(H2,21,24)/t20-/m0/s1. The Morgan fingerprint density at radius 1 is 1.15 bits per heavy atom. The molecular weight excluding hydrogens is 348 g/mol. The topological polar surface area (TPSA) is 110 Å². The molecule has 1 aliphatic rings. The maximum atomic E-state index is 12.8. The summed E-state index contributed by atoms with van der Waals surface area (Å²) in [6.45, 7) is 2.00. The van der Waals surface area contributed by atoms with E-state index in [-0.39, 0.29) is 12.1 Å². The van der Waals surface area contributed by atoms with Crippen LogP contribution in [0.5, 0.6) is 5.75 Å². The molecule has 0 saturated carbocycles. The van der Waals surface area contributed by atoms with Crippen LogP contribution in [0.3, 0.4) is 0 Å². The average Bonchev–Trinajstić information content (AvgIpc) is 2.84. The second-order valence-corrected chi connectivity index (χ2v) is 6.29. The number of hydrogen-bond acceptors (Lipinski definition) is 5. The van der Waals surface area contributed by atoms with Crippen molar-refractivity contribution in [3.05, 3.63) is 59.7 Å². The lowest BCUT2D eigenvalue weighted by molar-refractivity contribution is -0.136. The Hall–Kier alpha value is -3.19. The number of nitrogens with zero attached hydrogens (tertiary/aromatic N) is 1. The van der Waals surface area contributed by atoms with Gasteiger partial charge in [-0.1, -0.05) is 18.2 Å². The number of ketones is 1. The fraction of sp³-hybridized carbons (Fsp3) is 0.250. The van der Waals surface area contributed by atoms with E-state index >= 15 is 0 Å². The van der Waals surface area contributed by atoms with Crippen molar-refractivity contribution in [3.63, 3.8) is 0 Å². The first kappa shape index (κ1) is 18.6. The third kappa shape index (κ3) is 3.41. The minimum absolute atomic E-state index is 0.288. The molecule has 0 aliphatic carbocycles. The second-order valence-electron chi connectivity index (χ2n) is 6.29. The van der Waals surface area contributed by atoms with Crippen LogP contribution >= 0.6 is 0 Å². The molecule has 1 aliphatic heterocycles. The third-order valence-electron chi connectivity index (χ3n) is 4.46. The van der Waals surface area contributed by atoms with Crippen LogP contribution in [0.1, 0.15) is 29.3 Å². The smallest absolute Gasteiger partial charge is 0.264 e. The molecule has 3 rings (SSSR count). The molecule has 0 saturated heterocycles. The van der Waals surface area contributed by atoms with Crippen molar-refractivity contribution in [3.8, 4) is 5.75 Å². The van der Waals surface area contributed by atoms with E-state index < -0.39 is 29.6 Å².